The van der Waals surface area contributed by atoms with Crippen LogP contribution in [0.5, 0.6) is 5.75 Å². The van der Waals surface area contributed by atoms with Gasteiger partial charge in [-0.15, -0.1) is 0 Å². The van der Waals surface area contributed by atoms with Gasteiger partial charge in [-0.05, 0) is 66.7 Å². The van der Waals surface area contributed by atoms with E-state index in [2.05, 4.69) is 10.3 Å². The van der Waals surface area contributed by atoms with Crippen LogP contribution in [0, 0.1) is 0 Å². The fraction of sp³-hybridized carbons (Fsp3) is 0.346. The van der Waals surface area contributed by atoms with E-state index < -0.39 is 6.04 Å². The molecule has 7 heteroatoms. The standard InChI is InChI=1S/C26H30N4O3/c1-33-21-8-5-18(6-9-21)16-23(31)24(30-13-3-2-4-14-30)26(32)29-17-19-7-10-22-20(15-19)11-12-28-25(22)27/h5-12,15,24H,2-4,13-14,16-17H2,1H3,(H2,27,28)(H,29,32). The van der Waals surface area contributed by atoms with Crippen molar-refractivity contribution in [2.24, 2.45) is 0 Å². The van der Waals surface area contributed by atoms with Crippen LogP contribution in [0.15, 0.2) is 54.7 Å². The van der Waals surface area contributed by atoms with Gasteiger partial charge >= 0.3 is 0 Å². The zero-order chi connectivity index (χ0) is 23.2. The summed E-state index contributed by atoms with van der Waals surface area (Å²) in [7, 11) is 1.61. The number of nitrogens with one attached hydrogen (secondary N) is 1. The summed E-state index contributed by atoms with van der Waals surface area (Å²) in [5.74, 6) is 0.892. The SMILES string of the molecule is COc1ccc(CC(=O)C(C(=O)NCc2ccc3c(N)nccc3c2)N2CCCCC2)cc1. The highest BCUT2D eigenvalue weighted by atomic mass is 16.5. The number of benzene rings is 2. The largest absolute Gasteiger partial charge is 0.497 e. The molecule has 172 valence electrons. The second-order valence-electron chi connectivity index (χ2n) is 8.46. The number of rotatable bonds is 8. The number of carbonyl (C=O) groups is 2. The summed E-state index contributed by atoms with van der Waals surface area (Å²) in [5.41, 5.74) is 7.75. The van der Waals surface area contributed by atoms with Crippen LogP contribution in [0.4, 0.5) is 5.82 Å². The summed E-state index contributed by atoms with van der Waals surface area (Å²) in [5, 5.41) is 4.84. The van der Waals surface area contributed by atoms with Crippen LogP contribution in [0.1, 0.15) is 30.4 Å². The molecule has 0 radical (unpaired) electrons. The first kappa shape index (κ1) is 22.7. The van der Waals surface area contributed by atoms with E-state index in [9.17, 15) is 9.59 Å². The number of nitrogens with two attached hydrogens (primary N) is 1. The van der Waals surface area contributed by atoms with Crippen LogP contribution in [-0.2, 0) is 22.6 Å². The Hall–Kier alpha value is -3.45. The smallest absolute Gasteiger partial charge is 0.245 e. The van der Waals surface area contributed by atoms with E-state index in [1.54, 1.807) is 13.3 Å². The van der Waals surface area contributed by atoms with Crippen LogP contribution in [0.2, 0.25) is 0 Å². The number of hydrogen-bond acceptors (Lipinski definition) is 6. The lowest BCUT2D eigenvalue weighted by Crippen LogP contribution is -2.53. The number of nitrogen functional groups attached to an aromatic ring is 1. The molecule has 0 spiro atoms. The highest BCUT2D eigenvalue weighted by molar-refractivity contribution is 6.06. The van der Waals surface area contributed by atoms with Gasteiger partial charge in [0.2, 0.25) is 5.91 Å². The molecule has 3 N–H and O–H groups in total. The molecular formula is C26H30N4O3. The molecule has 1 aromatic heterocycles. The van der Waals surface area contributed by atoms with Gasteiger partial charge in [0, 0.05) is 24.5 Å². The van der Waals surface area contributed by atoms with E-state index in [0.717, 1.165) is 60.0 Å². The molecule has 1 atom stereocenters. The summed E-state index contributed by atoms with van der Waals surface area (Å²) in [6, 6.07) is 14.4. The van der Waals surface area contributed by atoms with Crippen molar-refractivity contribution in [1.82, 2.24) is 15.2 Å². The fourth-order valence-corrected chi connectivity index (χ4v) is 4.38. The zero-order valence-electron chi connectivity index (χ0n) is 18.9. The number of pyridine rings is 1. The molecular weight excluding hydrogens is 416 g/mol. The molecule has 1 aliphatic rings. The molecule has 1 amide bonds. The number of ketones is 1. The van der Waals surface area contributed by atoms with Crippen LogP contribution in [-0.4, -0.2) is 47.8 Å². The van der Waals surface area contributed by atoms with Crippen molar-refractivity contribution in [3.05, 3.63) is 65.9 Å². The summed E-state index contributed by atoms with van der Waals surface area (Å²) in [4.78, 5) is 32.7. The van der Waals surface area contributed by atoms with E-state index in [4.69, 9.17) is 10.5 Å². The number of piperidine rings is 1. The number of aromatic nitrogens is 1. The topological polar surface area (TPSA) is 97.5 Å². The average molecular weight is 447 g/mol. The number of methoxy groups -OCH3 is 1. The quantitative estimate of drug-likeness (QED) is 0.516. The van der Waals surface area contributed by atoms with Gasteiger partial charge in [-0.2, -0.15) is 0 Å². The van der Waals surface area contributed by atoms with Crippen LogP contribution in [0.25, 0.3) is 10.8 Å². The molecule has 2 heterocycles. The maximum Gasteiger partial charge on any atom is 0.245 e. The zero-order valence-corrected chi connectivity index (χ0v) is 18.9. The summed E-state index contributed by atoms with van der Waals surface area (Å²) in [6.45, 7) is 1.86. The van der Waals surface area contributed by atoms with Gasteiger partial charge in [-0.1, -0.05) is 30.7 Å². The van der Waals surface area contributed by atoms with Crippen molar-refractivity contribution < 1.29 is 14.3 Å². The number of Topliss-reactive ketones (excluding diaryl/α,β-unsaturated/α-hetero) is 1. The molecule has 0 bridgehead atoms. The molecule has 1 aliphatic heterocycles. The van der Waals surface area contributed by atoms with Gasteiger partial charge in [0.25, 0.3) is 0 Å². The van der Waals surface area contributed by atoms with Crippen molar-refractivity contribution >= 4 is 28.3 Å². The highest BCUT2D eigenvalue weighted by Crippen LogP contribution is 2.20. The summed E-state index contributed by atoms with van der Waals surface area (Å²) in [6.07, 6.45) is 5.01. The van der Waals surface area contributed by atoms with E-state index in [1.807, 2.05) is 53.4 Å². The van der Waals surface area contributed by atoms with Gasteiger partial charge in [-0.3, -0.25) is 14.5 Å². The Labute approximate surface area is 193 Å². The van der Waals surface area contributed by atoms with Gasteiger partial charge in [0.15, 0.2) is 5.78 Å². The number of hydrogen-bond donors (Lipinski definition) is 2. The minimum atomic E-state index is -0.785. The van der Waals surface area contributed by atoms with Gasteiger partial charge in [0.05, 0.1) is 7.11 Å². The first-order valence-corrected chi connectivity index (χ1v) is 11.4. The van der Waals surface area contributed by atoms with E-state index in [-0.39, 0.29) is 18.1 Å². The number of ether oxygens (including phenoxy) is 1. The average Bonchev–Trinajstić information content (AvgIpc) is 2.84. The number of carbonyl (C=O) groups excluding carboxylic acids is 2. The molecule has 1 saturated heterocycles. The number of fused-ring (bicyclic) bond motifs is 1. The molecule has 3 aromatic rings. The van der Waals surface area contributed by atoms with Gasteiger partial charge in [0.1, 0.15) is 17.6 Å². The number of likely N-dealkylation sites (tertiary alicyclic amines) is 1. The van der Waals surface area contributed by atoms with Crippen molar-refractivity contribution in [2.45, 2.75) is 38.3 Å². The number of anilines is 1. The van der Waals surface area contributed by atoms with Crippen LogP contribution < -0.4 is 15.8 Å². The monoisotopic (exact) mass is 446 g/mol. The van der Waals surface area contributed by atoms with E-state index >= 15 is 0 Å². The van der Waals surface area contributed by atoms with Crippen molar-refractivity contribution in [2.75, 3.05) is 25.9 Å². The lowest BCUT2D eigenvalue weighted by atomic mass is 9.99. The fourth-order valence-electron chi connectivity index (χ4n) is 4.38. The highest BCUT2D eigenvalue weighted by Gasteiger charge is 2.33. The Balaban J connectivity index is 1.47. The van der Waals surface area contributed by atoms with E-state index in [0.29, 0.717) is 12.4 Å². The van der Waals surface area contributed by atoms with Crippen molar-refractivity contribution in [1.29, 1.82) is 0 Å². The molecule has 0 aliphatic carbocycles. The third-order valence-corrected chi connectivity index (χ3v) is 6.17. The maximum absolute atomic E-state index is 13.3. The minimum Gasteiger partial charge on any atom is -0.497 e. The minimum absolute atomic E-state index is 0.0862. The van der Waals surface area contributed by atoms with Gasteiger partial charge < -0.3 is 15.8 Å². The second-order valence-corrected chi connectivity index (χ2v) is 8.46. The molecule has 1 fully saturated rings. The maximum atomic E-state index is 13.3. The first-order valence-electron chi connectivity index (χ1n) is 11.4. The summed E-state index contributed by atoms with van der Waals surface area (Å²) >= 11 is 0. The molecule has 4 rings (SSSR count). The van der Waals surface area contributed by atoms with Crippen molar-refractivity contribution in [3.8, 4) is 5.75 Å². The lowest BCUT2D eigenvalue weighted by molar-refractivity contribution is -0.136. The Bertz CT molecular complexity index is 1120. The molecule has 2 aromatic carbocycles. The third kappa shape index (κ3) is 5.49. The number of nitrogens with zero attached hydrogens (tertiary/aromatic N) is 2. The Kier molecular flexibility index (Phi) is 7.19. The van der Waals surface area contributed by atoms with Crippen LogP contribution in [0.3, 0.4) is 0 Å². The third-order valence-electron chi connectivity index (χ3n) is 6.17. The first-order chi connectivity index (χ1) is 16.0. The predicted octanol–water partition coefficient (Wildman–Crippen LogP) is 3.11. The lowest BCUT2D eigenvalue weighted by Gasteiger charge is -2.32. The Morgan fingerprint density at radius 2 is 1.79 bits per heavy atom. The molecule has 33 heavy (non-hydrogen) atoms. The van der Waals surface area contributed by atoms with Gasteiger partial charge in [-0.25, -0.2) is 4.98 Å². The Morgan fingerprint density at radius 1 is 1.06 bits per heavy atom. The van der Waals surface area contributed by atoms with Crippen LogP contribution >= 0.6 is 0 Å². The normalized spacial score (nSPS) is 15.2. The summed E-state index contributed by atoms with van der Waals surface area (Å²) < 4.78 is 5.19. The second kappa shape index (κ2) is 10.4. The van der Waals surface area contributed by atoms with Crippen molar-refractivity contribution in [3.63, 3.8) is 0 Å². The molecule has 7 nitrogen and oxygen atoms in total. The Morgan fingerprint density at radius 3 is 2.52 bits per heavy atom. The number of amides is 1. The molecule has 1 unspecified atom stereocenters. The molecule has 0 saturated carbocycles. The predicted molar refractivity (Wildman–Crippen MR) is 129 cm³/mol. The van der Waals surface area contributed by atoms with E-state index in [1.165, 1.54) is 0 Å².